The van der Waals surface area contributed by atoms with E-state index in [0.717, 1.165) is 5.52 Å². The molecule has 6 heteroatoms. The van der Waals surface area contributed by atoms with Crippen LogP contribution in [0.3, 0.4) is 0 Å². The predicted molar refractivity (Wildman–Crippen MR) is 49.9 cm³/mol. The lowest BCUT2D eigenvalue weighted by molar-refractivity contribution is 0.186. The molecular weight excluding hydrogens is 184 g/mol. The van der Waals surface area contributed by atoms with Gasteiger partial charge in [-0.3, -0.25) is 5.32 Å². The number of aromatic nitrogens is 3. The van der Waals surface area contributed by atoms with Crippen molar-refractivity contribution >= 4 is 23.2 Å². The number of rotatable bonds is 1. The van der Waals surface area contributed by atoms with Gasteiger partial charge in [-0.05, 0) is 12.1 Å². The lowest BCUT2D eigenvalue weighted by atomic mass is 10.4. The molecule has 0 bridgehead atoms. The first kappa shape index (κ1) is 8.49. The van der Waals surface area contributed by atoms with Crippen LogP contribution in [0.5, 0.6) is 0 Å². The number of imidazole rings is 1. The zero-order valence-electron chi connectivity index (χ0n) is 7.44. The molecule has 0 atom stereocenters. The van der Waals surface area contributed by atoms with E-state index in [1.807, 2.05) is 6.07 Å². The van der Waals surface area contributed by atoms with Gasteiger partial charge in [-0.25, -0.2) is 9.78 Å². The van der Waals surface area contributed by atoms with Gasteiger partial charge in [-0.2, -0.15) is 4.98 Å². The molecule has 1 amide bonds. The highest BCUT2D eigenvalue weighted by molar-refractivity contribution is 5.84. The lowest BCUT2D eigenvalue weighted by Gasteiger charge is -1.96. The predicted octanol–water partition coefficient (Wildman–Crippen LogP) is 1.14. The van der Waals surface area contributed by atoms with E-state index < -0.39 is 6.09 Å². The van der Waals surface area contributed by atoms with Crippen molar-refractivity contribution in [3.05, 3.63) is 18.3 Å². The largest absolute Gasteiger partial charge is 0.453 e. The average Bonchev–Trinajstić information content (AvgIpc) is 2.59. The van der Waals surface area contributed by atoms with Crippen LogP contribution in [0, 0.1) is 0 Å². The summed E-state index contributed by atoms with van der Waals surface area (Å²) < 4.78 is 4.42. The van der Waals surface area contributed by atoms with Gasteiger partial charge in [0.2, 0.25) is 5.95 Å². The van der Waals surface area contributed by atoms with Crippen LogP contribution in [0.15, 0.2) is 18.3 Å². The second kappa shape index (κ2) is 3.33. The third-order valence-corrected chi connectivity index (χ3v) is 1.66. The van der Waals surface area contributed by atoms with Crippen LogP contribution < -0.4 is 5.32 Å². The zero-order valence-corrected chi connectivity index (χ0v) is 7.44. The first-order valence-corrected chi connectivity index (χ1v) is 3.95. The standard InChI is InChI=1S/C8H8N4O2/c1-14-8(13)12-7-10-5-3-2-4-9-6(5)11-7/h2-4H,1H3,(H2,9,10,11,12,13). The Hall–Kier alpha value is -2.11. The lowest BCUT2D eigenvalue weighted by Crippen LogP contribution is -2.11. The second-order valence-corrected chi connectivity index (χ2v) is 2.58. The van der Waals surface area contributed by atoms with Gasteiger partial charge in [0.25, 0.3) is 0 Å². The van der Waals surface area contributed by atoms with E-state index in [-0.39, 0.29) is 0 Å². The minimum atomic E-state index is -0.566. The van der Waals surface area contributed by atoms with E-state index in [9.17, 15) is 4.79 Å². The highest BCUT2D eigenvalue weighted by Crippen LogP contribution is 2.10. The summed E-state index contributed by atoms with van der Waals surface area (Å²) in [5.74, 6) is 0.325. The minimum Gasteiger partial charge on any atom is -0.453 e. The number of ether oxygens (including phenoxy) is 1. The zero-order chi connectivity index (χ0) is 9.97. The first-order valence-electron chi connectivity index (χ1n) is 3.95. The molecule has 2 heterocycles. The molecule has 0 aliphatic carbocycles. The first-order chi connectivity index (χ1) is 6.79. The Morgan fingerprint density at radius 3 is 3.21 bits per heavy atom. The topological polar surface area (TPSA) is 79.9 Å². The van der Waals surface area contributed by atoms with Gasteiger partial charge in [0.15, 0.2) is 5.65 Å². The molecule has 0 radical (unpaired) electrons. The van der Waals surface area contributed by atoms with Crippen molar-refractivity contribution in [2.24, 2.45) is 0 Å². The molecule has 0 aromatic carbocycles. The monoisotopic (exact) mass is 192 g/mol. The summed E-state index contributed by atoms with van der Waals surface area (Å²) in [6.45, 7) is 0. The number of methoxy groups -OCH3 is 1. The van der Waals surface area contributed by atoms with Gasteiger partial charge in [0, 0.05) is 6.20 Å². The molecule has 2 N–H and O–H groups in total. The highest BCUT2D eigenvalue weighted by atomic mass is 16.5. The third kappa shape index (κ3) is 1.49. The van der Waals surface area contributed by atoms with Crippen molar-refractivity contribution in [2.45, 2.75) is 0 Å². The van der Waals surface area contributed by atoms with E-state index in [4.69, 9.17) is 0 Å². The quantitative estimate of drug-likeness (QED) is 0.709. The second-order valence-electron chi connectivity index (χ2n) is 2.58. The number of fused-ring (bicyclic) bond motifs is 1. The maximum atomic E-state index is 10.8. The maximum Gasteiger partial charge on any atom is 0.413 e. The van der Waals surface area contributed by atoms with Crippen LogP contribution in [0.1, 0.15) is 0 Å². The average molecular weight is 192 g/mol. The molecule has 0 spiro atoms. The molecule has 0 fully saturated rings. The van der Waals surface area contributed by atoms with Gasteiger partial charge in [0.1, 0.15) is 0 Å². The van der Waals surface area contributed by atoms with Gasteiger partial charge in [-0.1, -0.05) is 0 Å². The summed E-state index contributed by atoms with van der Waals surface area (Å²) in [4.78, 5) is 21.7. The summed E-state index contributed by atoms with van der Waals surface area (Å²) >= 11 is 0. The van der Waals surface area contributed by atoms with Crippen molar-refractivity contribution in [3.63, 3.8) is 0 Å². The van der Waals surface area contributed by atoms with E-state index in [1.165, 1.54) is 7.11 Å². The molecule has 0 saturated heterocycles. The number of aromatic amines is 1. The van der Waals surface area contributed by atoms with Crippen molar-refractivity contribution in [1.29, 1.82) is 0 Å². The molecule has 6 nitrogen and oxygen atoms in total. The summed E-state index contributed by atoms with van der Waals surface area (Å²) in [6, 6.07) is 3.60. The molecule has 0 aliphatic heterocycles. The summed E-state index contributed by atoms with van der Waals surface area (Å²) in [5.41, 5.74) is 1.32. The van der Waals surface area contributed by atoms with E-state index in [1.54, 1.807) is 12.3 Å². The van der Waals surface area contributed by atoms with Crippen LogP contribution in [0.25, 0.3) is 11.2 Å². The Bertz CT molecular complexity index is 432. The number of pyridine rings is 1. The number of carbonyl (C=O) groups is 1. The van der Waals surface area contributed by atoms with Gasteiger partial charge >= 0.3 is 6.09 Å². The number of nitrogens with zero attached hydrogens (tertiary/aromatic N) is 2. The Kier molecular flexibility index (Phi) is 2.02. The number of nitrogens with one attached hydrogen (secondary N) is 2. The van der Waals surface area contributed by atoms with Crippen LogP contribution in [0.4, 0.5) is 10.7 Å². The Morgan fingerprint density at radius 2 is 2.50 bits per heavy atom. The molecule has 0 saturated carbocycles. The summed E-state index contributed by atoms with van der Waals surface area (Å²) in [5, 5.41) is 2.41. The molecular formula is C8H8N4O2. The van der Waals surface area contributed by atoms with Gasteiger partial charge in [0.05, 0.1) is 12.6 Å². The van der Waals surface area contributed by atoms with Gasteiger partial charge in [-0.15, -0.1) is 0 Å². The highest BCUT2D eigenvalue weighted by Gasteiger charge is 2.05. The van der Waals surface area contributed by atoms with Crippen molar-refractivity contribution in [3.8, 4) is 0 Å². The Labute approximate surface area is 79.3 Å². The normalized spacial score (nSPS) is 10.1. The number of hydrogen-bond acceptors (Lipinski definition) is 4. The van der Waals surface area contributed by atoms with Crippen molar-refractivity contribution in [1.82, 2.24) is 15.0 Å². The molecule has 14 heavy (non-hydrogen) atoms. The fraction of sp³-hybridized carbons (Fsp3) is 0.125. The van der Waals surface area contributed by atoms with Crippen LogP contribution in [0.2, 0.25) is 0 Å². The summed E-state index contributed by atoms with van der Waals surface area (Å²) in [7, 11) is 1.29. The molecule has 2 aromatic rings. The van der Waals surface area contributed by atoms with E-state index in [0.29, 0.717) is 11.6 Å². The molecule has 0 unspecified atom stereocenters. The number of anilines is 1. The summed E-state index contributed by atoms with van der Waals surface area (Å²) in [6.07, 6.45) is 1.06. The number of H-pyrrole nitrogens is 1. The SMILES string of the molecule is COC(=O)Nc1nc2ncccc2[nH]1. The fourth-order valence-electron chi connectivity index (χ4n) is 1.05. The maximum absolute atomic E-state index is 10.8. The fourth-order valence-corrected chi connectivity index (χ4v) is 1.05. The molecule has 0 aliphatic rings. The molecule has 2 aromatic heterocycles. The van der Waals surface area contributed by atoms with Gasteiger partial charge < -0.3 is 9.72 Å². The number of amides is 1. The number of carbonyl (C=O) groups excluding carboxylic acids is 1. The minimum absolute atomic E-state index is 0.325. The smallest absolute Gasteiger partial charge is 0.413 e. The Morgan fingerprint density at radius 1 is 1.64 bits per heavy atom. The van der Waals surface area contributed by atoms with E-state index >= 15 is 0 Å². The van der Waals surface area contributed by atoms with Crippen LogP contribution in [-0.4, -0.2) is 28.2 Å². The van der Waals surface area contributed by atoms with Crippen molar-refractivity contribution in [2.75, 3.05) is 12.4 Å². The molecule has 72 valence electrons. The van der Waals surface area contributed by atoms with Crippen molar-refractivity contribution < 1.29 is 9.53 Å². The third-order valence-electron chi connectivity index (χ3n) is 1.66. The van der Waals surface area contributed by atoms with Crippen LogP contribution >= 0.6 is 0 Å². The Balaban J connectivity index is 2.31. The van der Waals surface area contributed by atoms with Crippen LogP contribution in [-0.2, 0) is 4.74 Å². The number of hydrogen-bond donors (Lipinski definition) is 2. The van der Waals surface area contributed by atoms with E-state index in [2.05, 4.69) is 25.0 Å². The molecule has 2 rings (SSSR count).